The van der Waals surface area contributed by atoms with E-state index >= 15 is 0 Å². The topological polar surface area (TPSA) is 0 Å². The van der Waals surface area contributed by atoms with Crippen LogP contribution in [-0.4, -0.2) is 6.71 Å². The fraction of sp³-hybridized carbons (Fsp3) is 0.0256. The number of hydrogen-bond acceptors (Lipinski definition) is 2. The second-order valence-corrected chi connectivity index (χ2v) is 14.1. The SMILES string of the molecule is Cc1cc2c3c(c1)-c1cccc4c1c(cc1c5ccccc5sc41)B3c1cc3c4ccccc4sc3c3cccc-2c13. The molecule has 2 aliphatic rings. The molecule has 0 aliphatic carbocycles. The van der Waals surface area contributed by atoms with Crippen LogP contribution in [0.1, 0.15) is 5.56 Å². The maximum Gasteiger partial charge on any atom is 0.244 e. The molecule has 7 aromatic carbocycles. The van der Waals surface area contributed by atoms with Gasteiger partial charge in [-0.15, -0.1) is 22.7 Å². The van der Waals surface area contributed by atoms with E-state index in [9.17, 15) is 0 Å². The van der Waals surface area contributed by atoms with E-state index in [-0.39, 0.29) is 6.71 Å². The number of benzene rings is 7. The second kappa shape index (κ2) is 7.49. The summed E-state index contributed by atoms with van der Waals surface area (Å²) in [5.41, 5.74) is 11.3. The zero-order valence-corrected chi connectivity index (χ0v) is 24.4. The Bertz CT molecular complexity index is 2520. The molecule has 3 heteroatoms. The molecule has 2 aliphatic heterocycles. The van der Waals surface area contributed by atoms with Crippen molar-refractivity contribution in [1.29, 1.82) is 0 Å². The van der Waals surface area contributed by atoms with Crippen LogP contribution in [-0.2, 0) is 0 Å². The molecule has 2 aromatic heterocycles. The highest BCUT2D eigenvalue weighted by Crippen LogP contribution is 2.46. The lowest BCUT2D eigenvalue weighted by Crippen LogP contribution is -2.57. The van der Waals surface area contributed by atoms with E-state index in [2.05, 4.69) is 116 Å². The summed E-state index contributed by atoms with van der Waals surface area (Å²) in [6.45, 7) is 2.46. The van der Waals surface area contributed by atoms with Crippen LogP contribution >= 0.6 is 22.7 Å². The molecular weight excluding hydrogens is 543 g/mol. The zero-order chi connectivity index (χ0) is 27.3. The van der Waals surface area contributed by atoms with Gasteiger partial charge in [0, 0.05) is 40.3 Å². The van der Waals surface area contributed by atoms with Crippen LogP contribution in [0.2, 0.25) is 0 Å². The average molecular weight is 565 g/mol. The number of rotatable bonds is 0. The van der Waals surface area contributed by atoms with Crippen LogP contribution in [0.3, 0.4) is 0 Å². The maximum atomic E-state index is 2.56. The monoisotopic (exact) mass is 564 g/mol. The second-order valence-electron chi connectivity index (χ2n) is 12.0. The van der Waals surface area contributed by atoms with Crippen molar-refractivity contribution in [2.45, 2.75) is 6.92 Å². The van der Waals surface area contributed by atoms with Crippen molar-refractivity contribution in [1.82, 2.24) is 0 Å². The van der Waals surface area contributed by atoms with Gasteiger partial charge in [0.05, 0.1) is 0 Å². The molecule has 0 unspecified atom stereocenters. The standard InChI is InChI=1S/C39H21BS2/c1-20-16-27-23-10-6-12-25-35(23)31(18-29-21-8-2-4-14-33(21)41-38(25)29)40-32-19-30-22-9-3-5-15-34(22)42-39(30)26-13-7-11-24(36(26)32)28(17-20)37(27)40/h2-19H,1H3. The Morgan fingerprint density at radius 1 is 0.452 bits per heavy atom. The largest absolute Gasteiger partial charge is 0.244 e. The minimum Gasteiger partial charge on any atom is -0.135 e. The Morgan fingerprint density at radius 2 is 0.929 bits per heavy atom. The van der Waals surface area contributed by atoms with Crippen molar-refractivity contribution in [3.63, 3.8) is 0 Å². The summed E-state index contributed by atoms with van der Waals surface area (Å²) >= 11 is 3.88. The normalized spacial score (nSPS) is 13.3. The first-order chi connectivity index (χ1) is 20.7. The highest BCUT2D eigenvalue weighted by Gasteiger charge is 2.39. The van der Waals surface area contributed by atoms with Gasteiger partial charge >= 0.3 is 0 Å². The third kappa shape index (κ3) is 2.53. The lowest BCUT2D eigenvalue weighted by molar-refractivity contribution is 1.48. The van der Waals surface area contributed by atoms with E-state index in [0.29, 0.717) is 0 Å². The summed E-state index contributed by atoms with van der Waals surface area (Å²) in [5.74, 6) is 0. The van der Waals surface area contributed by atoms with Crippen LogP contribution in [0, 0.1) is 6.92 Å². The molecule has 42 heavy (non-hydrogen) atoms. The Kier molecular flexibility index (Phi) is 3.96. The molecule has 4 heterocycles. The lowest BCUT2D eigenvalue weighted by Gasteiger charge is -2.34. The van der Waals surface area contributed by atoms with Crippen LogP contribution in [0.4, 0.5) is 0 Å². The molecule has 192 valence electrons. The molecule has 0 spiro atoms. The van der Waals surface area contributed by atoms with Crippen LogP contribution < -0.4 is 16.4 Å². The van der Waals surface area contributed by atoms with E-state index in [0.717, 1.165) is 0 Å². The fourth-order valence-electron chi connectivity index (χ4n) is 8.31. The molecule has 0 saturated heterocycles. The summed E-state index contributed by atoms with van der Waals surface area (Å²) in [6, 6.07) is 41.9. The number of fused-ring (bicyclic) bond motifs is 12. The van der Waals surface area contributed by atoms with E-state index in [1.807, 2.05) is 22.7 Å². The summed E-state index contributed by atoms with van der Waals surface area (Å²) in [5, 5.41) is 11.2. The quantitative estimate of drug-likeness (QED) is 0.161. The first-order valence-corrected chi connectivity index (χ1v) is 16.3. The molecule has 0 fully saturated rings. The lowest BCUT2D eigenvalue weighted by atomic mass is 9.31. The van der Waals surface area contributed by atoms with E-state index in [1.54, 1.807) is 0 Å². The van der Waals surface area contributed by atoms with Gasteiger partial charge in [-0.05, 0) is 68.4 Å². The summed E-state index contributed by atoms with van der Waals surface area (Å²) in [7, 11) is 0. The predicted octanol–water partition coefficient (Wildman–Crippen LogP) is 9.51. The van der Waals surface area contributed by atoms with Gasteiger partial charge in [-0.2, -0.15) is 0 Å². The molecular formula is C39H21BS2. The zero-order valence-electron chi connectivity index (χ0n) is 22.8. The van der Waals surface area contributed by atoms with Crippen molar-refractivity contribution in [3.05, 3.63) is 115 Å². The number of aryl methyl sites for hydroxylation is 1. The molecule has 0 amide bonds. The van der Waals surface area contributed by atoms with Crippen molar-refractivity contribution in [2.24, 2.45) is 0 Å². The molecule has 0 N–H and O–H groups in total. The first-order valence-electron chi connectivity index (χ1n) is 14.6. The van der Waals surface area contributed by atoms with Crippen LogP contribution in [0.5, 0.6) is 0 Å². The molecule has 0 bridgehead atoms. The molecule has 11 rings (SSSR count). The Hall–Kier alpha value is -4.44. The van der Waals surface area contributed by atoms with Crippen molar-refractivity contribution >= 4 is 108 Å². The highest BCUT2D eigenvalue weighted by molar-refractivity contribution is 7.27. The van der Waals surface area contributed by atoms with Gasteiger partial charge < -0.3 is 0 Å². The smallest absolute Gasteiger partial charge is 0.135 e. The molecule has 9 aromatic rings. The van der Waals surface area contributed by atoms with Crippen molar-refractivity contribution in [2.75, 3.05) is 0 Å². The molecule has 0 atom stereocenters. The average Bonchev–Trinajstić information content (AvgIpc) is 3.59. The third-order valence-corrected chi connectivity index (χ3v) is 12.3. The summed E-state index contributed by atoms with van der Waals surface area (Å²) < 4.78 is 5.56. The minimum absolute atomic E-state index is 0.191. The van der Waals surface area contributed by atoms with E-state index < -0.39 is 0 Å². The van der Waals surface area contributed by atoms with Gasteiger partial charge in [0.2, 0.25) is 6.71 Å². The Balaban J connectivity index is 1.40. The van der Waals surface area contributed by atoms with Crippen LogP contribution in [0.25, 0.3) is 84.1 Å². The molecule has 0 nitrogen and oxygen atoms in total. The van der Waals surface area contributed by atoms with E-state index in [4.69, 9.17) is 0 Å². The van der Waals surface area contributed by atoms with Gasteiger partial charge in [0.15, 0.2) is 0 Å². The molecule has 0 radical (unpaired) electrons. The van der Waals surface area contributed by atoms with Crippen molar-refractivity contribution in [3.8, 4) is 22.3 Å². The number of thiophene rings is 2. The molecule has 0 saturated carbocycles. The fourth-order valence-corrected chi connectivity index (χ4v) is 10.7. The minimum atomic E-state index is 0.191. The maximum absolute atomic E-state index is 2.56. The Labute approximate surface area is 250 Å². The first kappa shape index (κ1) is 22.2. The van der Waals surface area contributed by atoms with Crippen LogP contribution in [0.15, 0.2) is 109 Å². The number of hydrogen-bond donors (Lipinski definition) is 0. The predicted molar refractivity (Wildman–Crippen MR) is 187 cm³/mol. The van der Waals surface area contributed by atoms with Gasteiger partial charge in [-0.1, -0.05) is 113 Å². The van der Waals surface area contributed by atoms with Gasteiger partial charge in [-0.3, -0.25) is 0 Å². The highest BCUT2D eigenvalue weighted by atomic mass is 32.1. The van der Waals surface area contributed by atoms with Gasteiger partial charge in [-0.25, -0.2) is 0 Å². The summed E-state index contributed by atoms with van der Waals surface area (Å²) in [6.07, 6.45) is 0. The van der Waals surface area contributed by atoms with Gasteiger partial charge in [0.25, 0.3) is 0 Å². The van der Waals surface area contributed by atoms with E-state index in [1.165, 1.54) is 106 Å². The summed E-state index contributed by atoms with van der Waals surface area (Å²) in [4.78, 5) is 0. The Morgan fingerprint density at radius 3 is 1.45 bits per heavy atom. The van der Waals surface area contributed by atoms with Crippen molar-refractivity contribution < 1.29 is 0 Å². The van der Waals surface area contributed by atoms with Gasteiger partial charge in [0.1, 0.15) is 0 Å². The third-order valence-electron chi connectivity index (χ3n) is 9.88.